The number of aromatic nitrogens is 2. The van der Waals surface area contributed by atoms with E-state index in [2.05, 4.69) is 38.9 Å². The maximum Gasteiger partial charge on any atom is 0.144 e. The van der Waals surface area contributed by atoms with Gasteiger partial charge >= 0.3 is 0 Å². The lowest BCUT2D eigenvalue weighted by Gasteiger charge is -2.36. The zero-order valence-corrected chi connectivity index (χ0v) is 12.5. The Morgan fingerprint density at radius 3 is 2.47 bits per heavy atom. The first-order valence-corrected chi connectivity index (χ1v) is 7.07. The molecule has 0 amide bonds. The third kappa shape index (κ3) is 3.88. The normalized spacial score (nSPS) is 17.9. The monoisotopic (exact) mass is 263 g/mol. The first-order valence-electron chi connectivity index (χ1n) is 7.07. The SMILES string of the molecule is CNc1cc(C)nc(CN2CCN(C(C)C)CC2)n1. The van der Waals surface area contributed by atoms with E-state index in [0.29, 0.717) is 6.04 Å². The van der Waals surface area contributed by atoms with Crippen LogP contribution in [0.25, 0.3) is 0 Å². The summed E-state index contributed by atoms with van der Waals surface area (Å²) in [4.78, 5) is 14.0. The Labute approximate surface area is 116 Å². The fourth-order valence-electron chi connectivity index (χ4n) is 2.47. The molecular weight excluding hydrogens is 238 g/mol. The van der Waals surface area contributed by atoms with Crippen molar-refractivity contribution < 1.29 is 0 Å². The molecule has 0 radical (unpaired) electrons. The van der Waals surface area contributed by atoms with Crippen LogP contribution < -0.4 is 5.32 Å². The molecule has 5 heteroatoms. The molecule has 0 aromatic carbocycles. The number of piperazine rings is 1. The van der Waals surface area contributed by atoms with Crippen molar-refractivity contribution >= 4 is 5.82 Å². The Morgan fingerprint density at radius 1 is 1.21 bits per heavy atom. The molecule has 0 bridgehead atoms. The van der Waals surface area contributed by atoms with E-state index in [0.717, 1.165) is 50.1 Å². The molecule has 2 heterocycles. The lowest BCUT2D eigenvalue weighted by molar-refractivity contribution is 0.102. The highest BCUT2D eigenvalue weighted by Crippen LogP contribution is 2.10. The van der Waals surface area contributed by atoms with Crippen molar-refractivity contribution in [3.05, 3.63) is 17.6 Å². The predicted octanol–water partition coefficient (Wildman–Crippen LogP) is 1.35. The number of rotatable bonds is 4. The average molecular weight is 263 g/mol. The van der Waals surface area contributed by atoms with E-state index < -0.39 is 0 Å². The molecule has 2 rings (SSSR count). The van der Waals surface area contributed by atoms with Crippen molar-refractivity contribution in [3.63, 3.8) is 0 Å². The van der Waals surface area contributed by atoms with E-state index >= 15 is 0 Å². The molecule has 5 nitrogen and oxygen atoms in total. The minimum Gasteiger partial charge on any atom is -0.373 e. The first kappa shape index (κ1) is 14.2. The summed E-state index contributed by atoms with van der Waals surface area (Å²) < 4.78 is 0. The summed E-state index contributed by atoms with van der Waals surface area (Å²) in [6.07, 6.45) is 0. The van der Waals surface area contributed by atoms with Crippen LogP contribution in [-0.2, 0) is 6.54 Å². The molecule has 106 valence electrons. The Kier molecular flexibility index (Phi) is 4.71. The van der Waals surface area contributed by atoms with Crippen molar-refractivity contribution in [2.75, 3.05) is 38.5 Å². The smallest absolute Gasteiger partial charge is 0.144 e. The Hall–Kier alpha value is -1.20. The highest BCUT2D eigenvalue weighted by molar-refractivity contribution is 5.34. The number of anilines is 1. The molecule has 19 heavy (non-hydrogen) atoms. The average Bonchev–Trinajstić information content (AvgIpc) is 2.38. The van der Waals surface area contributed by atoms with Gasteiger partial charge in [0, 0.05) is 51.0 Å². The van der Waals surface area contributed by atoms with Crippen molar-refractivity contribution in [1.29, 1.82) is 0 Å². The number of aryl methyl sites for hydroxylation is 1. The largest absolute Gasteiger partial charge is 0.373 e. The fraction of sp³-hybridized carbons (Fsp3) is 0.714. The molecule has 0 spiro atoms. The summed E-state index contributed by atoms with van der Waals surface area (Å²) in [7, 11) is 1.90. The molecule has 0 unspecified atom stereocenters. The van der Waals surface area contributed by atoms with Crippen molar-refractivity contribution in [2.45, 2.75) is 33.4 Å². The van der Waals surface area contributed by atoms with E-state index in [9.17, 15) is 0 Å². The fourth-order valence-corrected chi connectivity index (χ4v) is 2.47. The van der Waals surface area contributed by atoms with Crippen LogP contribution in [0.5, 0.6) is 0 Å². The third-order valence-electron chi connectivity index (χ3n) is 3.66. The van der Waals surface area contributed by atoms with Gasteiger partial charge in [0.1, 0.15) is 11.6 Å². The molecule has 1 aliphatic rings. The van der Waals surface area contributed by atoms with Crippen LogP contribution in [0.15, 0.2) is 6.07 Å². The minimum absolute atomic E-state index is 0.647. The second kappa shape index (κ2) is 6.30. The minimum atomic E-state index is 0.647. The van der Waals surface area contributed by atoms with Gasteiger partial charge in [-0.2, -0.15) is 0 Å². The lowest BCUT2D eigenvalue weighted by atomic mass is 10.2. The van der Waals surface area contributed by atoms with E-state index in [1.165, 1.54) is 0 Å². The van der Waals surface area contributed by atoms with Crippen LogP contribution >= 0.6 is 0 Å². The van der Waals surface area contributed by atoms with Gasteiger partial charge in [-0.05, 0) is 20.8 Å². The molecule has 0 atom stereocenters. The molecule has 1 saturated heterocycles. The van der Waals surface area contributed by atoms with Crippen LogP contribution in [0, 0.1) is 6.92 Å². The highest BCUT2D eigenvalue weighted by Gasteiger charge is 2.19. The van der Waals surface area contributed by atoms with Gasteiger partial charge in [0.25, 0.3) is 0 Å². The standard InChI is InChI=1S/C14H25N5/c1-11(2)19-7-5-18(6-8-19)10-14-16-12(3)9-13(15-4)17-14/h9,11H,5-8,10H2,1-4H3,(H,15,16,17). The number of nitrogens with zero attached hydrogens (tertiary/aromatic N) is 4. The van der Waals surface area contributed by atoms with E-state index in [4.69, 9.17) is 0 Å². The molecule has 1 aromatic heterocycles. The summed E-state index contributed by atoms with van der Waals surface area (Å²) in [6, 6.07) is 2.62. The Morgan fingerprint density at radius 2 is 1.89 bits per heavy atom. The summed E-state index contributed by atoms with van der Waals surface area (Å²) >= 11 is 0. The van der Waals surface area contributed by atoms with Gasteiger partial charge in [0.15, 0.2) is 0 Å². The molecule has 0 saturated carbocycles. The van der Waals surface area contributed by atoms with Gasteiger partial charge in [-0.1, -0.05) is 0 Å². The first-order chi connectivity index (χ1) is 9.08. The molecule has 0 aliphatic carbocycles. The van der Waals surface area contributed by atoms with Gasteiger partial charge in [-0.25, -0.2) is 9.97 Å². The maximum atomic E-state index is 4.52. The van der Waals surface area contributed by atoms with Gasteiger partial charge in [0.2, 0.25) is 0 Å². The van der Waals surface area contributed by atoms with Gasteiger partial charge < -0.3 is 5.32 Å². The Bertz CT molecular complexity index is 410. The van der Waals surface area contributed by atoms with Crippen molar-refractivity contribution in [1.82, 2.24) is 19.8 Å². The highest BCUT2D eigenvalue weighted by atomic mass is 15.3. The van der Waals surface area contributed by atoms with Crippen molar-refractivity contribution in [3.8, 4) is 0 Å². The lowest BCUT2D eigenvalue weighted by Crippen LogP contribution is -2.48. The second-order valence-corrected chi connectivity index (χ2v) is 5.47. The topological polar surface area (TPSA) is 44.3 Å². The van der Waals surface area contributed by atoms with Crippen LogP contribution in [0.4, 0.5) is 5.82 Å². The number of hydrogen-bond donors (Lipinski definition) is 1. The summed E-state index contributed by atoms with van der Waals surface area (Å²) in [6.45, 7) is 11.9. The molecule has 1 N–H and O–H groups in total. The van der Waals surface area contributed by atoms with E-state index in [1.54, 1.807) is 0 Å². The van der Waals surface area contributed by atoms with Crippen LogP contribution in [0.2, 0.25) is 0 Å². The van der Waals surface area contributed by atoms with Gasteiger partial charge in [0.05, 0.1) is 6.54 Å². The maximum absolute atomic E-state index is 4.52. The zero-order chi connectivity index (χ0) is 13.8. The number of nitrogens with one attached hydrogen (secondary N) is 1. The second-order valence-electron chi connectivity index (χ2n) is 5.47. The predicted molar refractivity (Wildman–Crippen MR) is 78.3 cm³/mol. The molecule has 1 fully saturated rings. The summed E-state index contributed by atoms with van der Waals surface area (Å²) in [5.74, 6) is 1.82. The molecular formula is C14H25N5. The zero-order valence-electron chi connectivity index (χ0n) is 12.5. The summed E-state index contributed by atoms with van der Waals surface area (Å²) in [5.41, 5.74) is 1.02. The Balaban J connectivity index is 1.93. The van der Waals surface area contributed by atoms with Gasteiger partial charge in [-0.3, -0.25) is 9.80 Å². The van der Waals surface area contributed by atoms with Crippen LogP contribution in [0.3, 0.4) is 0 Å². The molecule has 1 aliphatic heterocycles. The number of hydrogen-bond acceptors (Lipinski definition) is 5. The van der Waals surface area contributed by atoms with Crippen LogP contribution in [-0.4, -0.2) is 59.0 Å². The van der Waals surface area contributed by atoms with Crippen molar-refractivity contribution in [2.24, 2.45) is 0 Å². The van der Waals surface area contributed by atoms with E-state index in [1.807, 2.05) is 20.0 Å². The van der Waals surface area contributed by atoms with Crippen LogP contribution in [0.1, 0.15) is 25.4 Å². The third-order valence-corrected chi connectivity index (χ3v) is 3.66. The van der Waals surface area contributed by atoms with Gasteiger partial charge in [-0.15, -0.1) is 0 Å². The summed E-state index contributed by atoms with van der Waals surface area (Å²) in [5, 5.41) is 3.09. The molecule has 1 aromatic rings. The van der Waals surface area contributed by atoms with E-state index in [-0.39, 0.29) is 0 Å². The quantitative estimate of drug-likeness (QED) is 0.888.